The SMILES string of the molecule is Cc1ccc(CNC(=O)C(C)S(=O)Cc2ccc(CO)cc2)cc1. The summed E-state index contributed by atoms with van der Waals surface area (Å²) in [4.78, 5) is 12.2. The van der Waals surface area contributed by atoms with Gasteiger partial charge in [-0.25, -0.2) is 0 Å². The fourth-order valence-corrected chi connectivity index (χ4v) is 3.28. The maximum Gasteiger partial charge on any atom is 0.235 e. The van der Waals surface area contributed by atoms with Crippen LogP contribution in [0.25, 0.3) is 0 Å². The molecule has 0 radical (unpaired) electrons. The Kier molecular flexibility index (Phi) is 6.70. The summed E-state index contributed by atoms with van der Waals surface area (Å²) in [6.45, 7) is 4.12. The lowest BCUT2D eigenvalue weighted by Crippen LogP contribution is -2.35. The van der Waals surface area contributed by atoms with Crippen molar-refractivity contribution < 1.29 is 14.1 Å². The van der Waals surface area contributed by atoms with Crippen LogP contribution in [0, 0.1) is 6.92 Å². The first kappa shape index (κ1) is 18.4. The summed E-state index contributed by atoms with van der Waals surface area (Å²) in [5.41, 5.74) is 3.90. The summed E-state index contributed by atoms with van der Waals surface area (Å²) >= 11 is 0. The van der Waals surface area contributed by atoms with Crippen LogP contribution in [0.2, 0.25) is 0 Å². The highest BCUT2D eigenvalue weighted by Gasteiger charge is 2.19. The molecule has 0 aliphatic rings. The first-order valence-electron chi connectivity index (χ1n) is 7.88. The molecule has 2 rings (SSSR count). The fourth-order valence-electron chi connectivity index (χ4n) is 2.19. The molecule has 0 aromatic heterocycles. The molecule has 0 bridgehead atoms. The van der Waals surface area contributed by atoms with E-state index in [0.29, 0.717) is 12.3 Å². The number of aryl methyl sites for hydroxylation is 1. The summed E-state index contributed by atoms with van der Waals surface area (Å²) < 4.78 is 12.4. The van der Waals surface area contributed by atoms with Gasteiger partial charge in [-0.3, -0.25) is 9.00 Å². The molecule has 0 saturated heterocycles. The summed E-state index contributed by atoms with van der Waals surface area (Å²) in [5.74, 6) is 0.117. The predicted molar refractivity (Wildman–Crippen MR) is 96.7 cm³/mol. The Morgan fingerprint density at radius 3 is 2.17 bits per heavy atom. The van der Waals surface area contributed by atoms with Gasteiger partial charge in [0, 0.05) is 23.1 Å². The molecule has 0 aliphatic heterocycles. The summed E-state index contributed by atoms with van der Waals surface area (Å²) in [5, 5.41) is 11.3. The van der Waals surface area contributed by atoms with Gasteiger partial charge in [-0.1, -0.05) is 54.1 Å². The van der Waals surface area contributed by atoms with Crippen LogP contribution in [0.15, 0.2) is 48.5 Å². The molecule has 5 heteroatoms. The molecule has 2 atom stereocenters. The van der Waals surface area contributed by atoms with Crippen LogP contribution < -0.4 is 5.32 Å². The molecule has 24 heavy (non-hydrogen) atoms. The number of hydrogen-bond acceptors (Lipinski definition) is 3. The number of amides is 1. The first-order chi connectivity index (χ1) is 11.5. The lowest BCUT2D eigenvalue weighted by atomic mass is 10.1. The molecule has 2 aromatic carbocycles. The van der Waals surface area contributed by atoms with Gasteiger partial charge in [0.25, 0.3) is 0 Å². The Morgan fingerprint density at radius 2 is 1.58 bits per heavy atom. The van der Waals surface area contributed by atoms with Crippen molar-refractivity contribution in [1.82, 2.24) is 5.32 Å². The number of carbonyl (C=O) groups excluding carboxylic acids is 1. The predicted octanol–water partition coefficient (Wildman–Crippen LogP) is 2.44. The first-order valence-corrected chi connectivity index (χ1v) is 9.27. The van der Waals surface area contributed by atoms with Gasteiger partial charge in [-0.05, 0) is 30.5 Å². The molecule has 2 N–H and O–H groups in total. The fraction of sp³-hybridized carbons (Fsp3) is 0.316. The van der Waals surface area contributed by atoms with E-state index in [2.05, 4.69) is 5.32 Å². The molecule has 4 nitrogen and oxygen atoms in total. The molecule has 0 heterocycles. The highest BCUT2D eigenvalue weighted by Crippen LogP contribution is 2.10. The molecular weight excluding hydrogens is 322 g/mol. The highest BCUT2D eigenvalue weighted by atomic mass is 32.2. The third-order valence-electron chi connectivity index (χ3n) is 3.87. The largest absolute Gasteiger partial charge is 0.392 e. The van der Waals surface area contributed by atoms with Crippen molar-refractivity contribution in [3.63, 3.8) is 0 Å². The number of rotatable bonds is 7. The van der Waals surface area contributed by atoms with E-state index in [1.807, 2.05) is 43.3 Å². The Morgan fingerprint density at radius 1 is 1.04 bits per heavy atom. The molecule has 0 fully saturated rings. The second-order valence-electron chi connectivity index (χ2n) is 5.85. The van der Waals surface area contributed by atoms with Crippen LogP contribution >= 0.6 is 0 Å². The van der Waals surface area contributed by atoms with Crippen molar-refractivity contribution in [3.05, 3.63) is 70.8 Å². The Balaban J connectivity index is 1.86. The normalized spacial score (nSPS) is 13.3. The van der Waals surface area contributed by atoms with Crippen molar-refractivity contribution in [3.8, 4) is 0 Å². The lowest BCUT2D eigenvalue weighted by Gasteiger charge is -2.12. The minimum absolute atomic E-state index is 0.0127. The number of hydrogen-bond donors (Lipinski definition) is 2. The third-order valence-corrected chi connectivity index (χ3v) is 5.49. The summed E-state index contributed by atoms with van der Waals surface area (Å²) in [6.07, 6.45) is 0. The maximum absolute atomic E-state index is 12.4. The topological polar surface area (TPSA) is 66.4 Å². The second kappa shape index (κ2) is 8.76. The van der Waals surface area contributed by atoms with Crippen LogP contribution in [0.5, 0.6) is 0 Å². The number of benzene rings is 2. The zero-order valence-electron chi connectivity index (χ0n) is 14.0. The van der Waals surface area contributed by atoms with E-state index >= 15 is 0 Å². The van der Waals surface area contributed by atoms with Crippen LogP contribution in [-0.2, 0) is 34.5 Å². The monoisotopic (exact) mass is 345 g/mol. The van der Waals surface area contributed by atoms with Crippen LogP contribution in [0.1, 0.15) is 29.2 Å². The zero-order valence-corrected chi connectivity index (χ0v) is 14.8. The highest BCUT2D eigenvalue weighted by molar-refractivity contribution is 7.85. The van der Waals surface area contributed by atoms with E-state index in [-0.39, 0.29) is 12.5 Å². The molecule has 0 aliphatic carbocycles. The molecular formula is C19H23NO3S. The molecule has 0 spiro atoms. The van der Waals surface area contributed by atoms with E-state index in [1.165, 1.54) is 5.56 Å². The van der Waals surface area contributed by atoms with Gasteiger partial charge in [-0.15, -0.1) is 0 Å². The number of carbonyl (C=O) groups is 1. The van der Waals surface area contributed by atoms with Gasteiger partial charge in [0.15, 0.2) is 0 Å². The smallest absolute Gasteiger partial charge is 0.235 e. The third kappa shape index (κ3) is 5.28. The Labute approximate surface area is 145 Å². The minimum atomic E-state index is -1.29. The second-order valence-corrected chi connectivity index (χ2v) is 7.60. The van der Waals surface area contributed by atoms with Gasteiger partial charge in [-0.2, -0.15) is 0 Å². The van der Waals surface area contributed by atoms with E-state index in [0.717, 1.165) is 16.7 Å². The van der Waals surface area contributed by atoms with Gasteiger partial charge in [0.05, 0.1) is 6.61 Å². The van der Waals surface area contributed by atoms with Crippen LogP contribution in [-0.4, -0.2) is 20.5 Å². The van der Waals surface area contributed by atoms with Gasteiger partial charge < -0.3 is 10.4 Å². The van der Waals surface area contributed by atoms with Gasteiger partial charge >= 0.3 is 0 Å². The number of aliphatic hydroxyl groups is 1. The van der Waals surface area contributed by atoms with E-state index < -0.39 is 16.0 Å². The van der Waals surface area contributed by atoms with Crippen molar-refractivity contribution in [2.75, 3.05) is 0 Å². The average molecular weight is 345 g/mol. The van der Waals surface area contributed by atoms with Crippen LogP contribution in [0.4, 0.5) is 0 Å². The number of aliphatic hydroxyl groups excluding tert-OH is 1. The average Bonchev–Trinajstić information content (AvgIpc) is 2.61. The molecule has 1 amide bonds. The Bertz CT molecular complexity index is 696. The number of nitrogens with one attached hydrogen (secondary N) is 1. The minimum Gasteiger partial charge on any atom is -0.392 e. The maximum atomic E-state index is 12.4. The lowest BCUT2D eigenvalue weighted by molar-refractivity contribution is -0.120. The molecule has 2 aromatic rings. The van der Waals surface area contributed by atoms with Crippen molar-refractivity contribution in [2.45, 2.75) is 38.0 Å². The molecule has 128 valence electrons. The van der Waals surface area contributed by atoms with Crippen molar-refractivity contribution in [2.24, 2.45) is 0 Å². The molecule has 0 saturated carbocycles. The summed E-state index contributed by atoms with van der Waals surface area (Å²) in [6, 6.07) is 15.2. The Hall–Kier alpha value is -1.98. The van der Waals surface area contributed by atoms with Gasteiger partial charge in [0.1, 0.15) is 5.25 Å². The molecule has 2 unspecified atom stereocenters. The summed E-state index contributed by atoms with van der Waals surface area (Å²) in [7, 11) is -1.29. The van der Waals surface area contributed by atoms with E-state index in [1.54, 1.807) is 19.1 Å². The van der Waals surface area contributed by atoms with Crippen molar-refractivity contribution in [1.29, 1.82) is 0 Å². The standard InChI is InChI=1S/C19H23NO3S/c1-14-3-5-16(6-4-14)11-20-19(22)15(2)24(23)13-18-9-7-17(12-21)8-10-18/h3-10,15,21H,11-13H2,1-2H3,(H,20,22). The van der Waals surface area contributed by atoms with Crippen molar-refractivity contribution >= 4 is 16.7 Å². The van der Waals surface area contributed by atoms with Crippen LogP contribution in [0.3, 0.4) is 0 Å². The quantitative estimate of drug-likeness (QED) is 0.810. The van der Waals surface area contributed by atoms with E-state index in [9.17, 15) is 9.00 Å². The van der Waals surface area contributed by atoms with E-state index in [4.69, 9.17) is 5.11 Å². The zero-order chi connectivity index (χ0) is 17.5. The van der Waals surface area contributed by atoms with Gasteiger partial charge in [0.2, 0.25) is 5.91 Å².